The first-order valence-electron chi connectivity index (χ1n) is 4.54. The summed E-state index contributed by atoms with van der Waals surface area (Å²) in [6.07, 6.45) is 3.20. The van der Waals surface area contributed by atoms with Crippen molar-refractivity contribution in [2.45, 2.75) is 20.4 Å². The first-order valence-corrected chi connectivity index (χ1v) is 4.54. The molecule has 0 spiro atoms. The number of carboxylic acid groups (broad SMARTS) is 1. The van der Waals surface area contributed by atoms with Crippen molar-refractivity contribution >= 4 is 5.97 Å². The van der Waals surface area contributed by atoms with Crippen LogP contribution in [-0.4, -0.2) is 15.6 Å². The Morgan fingerprint density at radius 3 is 2.67 bits per heavy atom. The Morgan fingerprint density at radius 1 is 1.60 bits per heavy atom. The zero-order chi connectivity index (χ0) is 11.6. The molecule has 1 heterocycles. The van der Waals surface area contributed by atoms with Gasteiger partial charge in [0.2, 0.25) is 0 Å². The molecule has 15 heavy (non-hydrogen) atoms. The SMILES string of the molecule is C=CCn1cc(C)c(C)c(C(=O)O)c1=O. The number of pyridine rings is 1. The lowest BCUT2D eigenvalue weighted by molar-refractivity contribution is 0.0693. The van der Waals surface area contributed by atoms with Gasteiger partial charge in [-0.3, -0.25) is 4.79 Å². The molecule has 1 aromatic heterocycles. The number of nitrogens with zero attached hydrogens (tertiary/aromatic N) is 1. The number of allylic oxidation sites excluding steroid dienone is 1. The minimum atomic E-state index is -1.18. The van der Waals surface area contributed by atoms with Crippen molar-refractivity contribution < 1.29 is 9.90 Å². The van der Waals surface area contributed by atoms with Gasteiger partial charge < -0.3 is 9.67 Å². The minimum Gasteiger partial charge on any atom is -0.477 e. The van der Waals surface area contributed by atoms with E-state index in [4.69, 9.17) is 5.11 Å². The van der Waals surface area contributed by atoms with Crippen LogP contribution in [0.1, 0.15) is 21.5 Å². The van der Waals surface area contributed by atoms with Crippen molar-refractivity contribution in [3.05, 3.63) is 45.9 Å². The van der Waals surface area contributed by atoms with E-state index < -0.39 is 11.5 Å². The molecule has 0 atom stereocenters. The van der Waals surface area contributed by atoms with E-state index in [2.05, 4.69) is 6.58 Å². The van der Waals surface area contributed by atoms with Crippen molar-refractivity contribution in [2.75, 3.05) is 0 Å². The molecule has 0 fully saturated rings. The predicted molar refractivity (Wildman–Crippen MR) is 57.3 cm³/mol. The van der Waals surface area contributed by atoms with Gasteiger partial charge in [-0.15, -0.1) is 6.58 Å². The van der Waals surface area contributed by atoms with Crippen molar-refractivity contribution in [3.8, 4) is 0 Å². The number of aromatic nitrogens is 1. The molecular weight excluding hydrogens is 194 g/mol. The number of aromatic carboxylic acids is 1. The molecule has 0 radical (unpaired) electrons. The number of carbonyl (C=O) groups is 1. The lowest BCUT2D eigenvalue weighted by Gasteiger charge is -2.09. The van der Waals surface area contributed by atoms with Crippen LogP contribution in [0.15, 0.2) is 23.6 Å². The number of carboxylic acids is 1. The van der Waals surface area contributed by atoms with Crippen LogP contribution in [0, 0.1) is 13.8 Å². The van der Waals surface area contributed by atoms with Crippen LogP contribution in [0.5, 0.6) is 0 Å². The van der Waals surface area contributed by atoms with E-state index in [1.807, 2.05) is 0 Å². The van der Waals surface area contributed by atoms with Crippen molar-refractivity contribution in [1.29, 1.82) is 0 Å². The maximum absolute atomic E-state index is 11.7. The second-order valence-corrected chi connectivity index (χ2v) is 3.36. The largest absolute Gasteiger partial charge is 0.477 e. The third-order valence-electron chi connectivity index (χ3n) is 2.33. The molecular formula is C11H13NO3. The zero-order valence-electron chi connectivity index (χ0n) is 8.78. The van der Waals surface area contributed by atoms with Crippen LogP contribution in [0.3, 0.4) is 0 Å². The van der Waals surface area contributed by atoms with E-state index in [-0.39, 0.29) is 5.56 Å². The Labute approximate surface area is 87.5 Å². The van der Waals surface area contributed by atoms with Gasteiger partial charge in [-0.1, -0.05) is 6.08 Å². The molecule has 0 bridgehead atoms. The Balaban J connectivity index is 3.56. The Bertz CT molecular complexity index is 471. The van der Waals surface area contributed by atoms with Crippen LogP contribution in [0.4, 0.5) is 0 Å². The fraction of sp³-hybridized carbons (Fsp3) is 0.273. The van der Waals surface area contributed by atoms with Gasteiger partial charge in [0.15, 0.2) is 0 Å². The van der Waals surface area contributed by atoms with Crippen LogP contribution in [-0.2, 0) is 6.54 Å². The zero-order valence-corrected chi connectivity index (χ0v) is 8.78. The van der Waals surface area contributed by atoms with Crippen molar-refractivity contribution in [1.82, 2.24) is 4.57 Å². The van der Waals surface area contributed by atoms with Gasteiger partial charge in [0.25, 0.3) is 5.56 Å². The topological polar surface area (TPSA) is 59.3 Å². The molecule has 0 saturated carbocycles. The van der Waals surface area contributed by atoms with Crippen molar-refractivity contribution in [2.24, 2.45) is 0 Å². The Hall–Kier alpha value is -1.84. The van der Waals surface area contributed by atoms with Gasteiger partial charge >= 0.3 is 5.97 Å². The van der Waals surface area contributed by atoms with Crippen LogP contribution in [0.25, 0.3) is 0 Å². The number of hydrogen-bond donors (Lipinski definition) is 1. The normalized spacial score (nSPS) is 10.0. The van der Waals surface area contributed by atoms with E-state index in [9.17, 15) is 9.59 Å². The van der Waals surface area contributed by atoms with Crippen LogP contribution >= 0.6 is 0 Å². The number of hydrogen-bond acceptors (Lipinski definition) is 2. The van der Waals surface area contributed by atoms with E-state index in [0.29, 0.717) is 12.1 Å². The fourth-order valence-electron chi connectivity index (χ4n) is 1.42. The quantitative estimate of drug-likeness (QED) is 0.761. The molecule has 1 rings (SSSR count). The van der Waals surface area contributed by atoms with Gasteiger partial charge in [0, 0.05) is 12.7 Å². The standard InChI is InChI=1S/C11H13NO3/c1-4-5-12-6-7(2)8(3)9(10(12)13)11(14)15/h4,6H,1,5H2,2-3H3,(H,14,15). The van der Waals surface area contributed by atoms with Gasteiger partial charge in [-0.25, -0.2) is 4.79 Å². The summed E-state index contributed by atoms with van der Waals surface area (Å²) in [5.41, 5.74) is 0.670. The summed E-state index contributed by atoms with van der Waals surface area (Å²) >= 11 is 0. The summed E-state index contributed by atoms with van der Waals surface area (Å²) < 4.78 is 1.35. The Kier molecular flexibility index (Phi) is 3.09. The highest BCUT2D eigenvalue weighted by Gasteiger charge is 2.15. The summed E-state index contributed by atoms with van der Waals surface area (Å²) in [5.74, 6) is -1.18. The predicted octanol–water partition coefficient (Wildman–Crippen LogP) is 1.35. The first kappa shape index (κ1) is 11.2. The maximum atomic E-state index is 11.7. The number of rotatable bonds is 3. The van der Waals surface area contributed by atoms with E-state index in [1.165, 1.54) is 4.57 Å². The molecule has 1 aromatic rings. The lowest BCUT2D eigenvalue weighted by atomic mass is 10.1. The minimum absolute atomic E-state index is 0.156. The highest BCUT2D eigenvalue weighted by Crippen LogP contribution is 2.08. The fourth-order valence-corrected chi connectivity index (χ4v) is 1.42. The van der Waals surface area contributed by atoms with E-state index in [0.717, 1.165) is 5.56 Å². The third-order valence-corrected chi connectivity index (χ3v) is 2.33. The summed E-state index contributed by atoms with van der Waals surface area (Å²) in [5, 5.41) is 8.92. The summed E-state index contributed by atoms with van der Waals surface area (Å²) in [7, 11) is 0. The molecule has 0 saturated heterocycles. The van der Waals surface area contributed by atoms with Gasteiger partial charge in [0.1, 0.15) is 5.56 Å². The maximum Gasteiger partial charge on any atom is 0.341 e. The molecule has 0 unspecified atom stereocenters. The average molecular weight is 207 g/mol. The lowest BCUT2D eigenvalue weighted by Crippen LogP contribution is -2.27. The second kappa shape index (κ2) is 4.13. The average Bonchev–Trinajstić information content (AvgIpc) is 2.14. The smallest absolute Gasteiger partial charge is 0.341 e. The molecule has 1 N–H and O–H groups in total. The molecule has 0 amide bonds. The van der Waals surface area contributed by atoms with Gasteiger partial charge in [0.05, 0.1) is 0 Å². The summed E-state index contributed by atoms with van der Waals surface area (Å²) in [6, 6.07) is 0. The molecule has 4 nitrogen and oxygen atoms in total. The Morgan fingerprint density at radius 2 is 2.20 bits per heavy atom. The van der Waals surface area contributed by atoms with E-state index >= 15 is 0 Å². The highest BCUT2D eigenvalue weighted by atomic mass is 16.4. The molecule has 0 aliphatic carbocycles. The van der Waals surface area contributed by atoms with Gasteiger partial charge in [-0.05, 0) is 25.0 Å². The van der Waals surface area contributed by atoms with Crippen molar-refractivity contribution in [3.63, 3.8) is 0 Å². The highest BCUT2D eigenvalue weighted by molar-refractivity contribution is 5.89. The molecule has 0 aliphatic heterocycles. The third kappa shape index (κ3) is 1.98. The van der Waals surface area contributed by atoms with E-state index in [1.54, 1.807) is 26.1 Å². The molecule has 4 heteroatoms. The monoisotopic (exact) mass is 207 g/mol. The summed E-state index contributed by atoms with van der Waals surface area (Å²) in [6.45, 7) is 7.25. The molecule has 0 aromatic carbocycles. The molecule has 80 valence electrons. The summed E-state index contributed by atoms with van der Waals surface area (Å²) in [4.78, 5) is 22.6. The first-order chi connectivity index (χ1) is 6.99. The van der Waals surface area contributed by atoms with Gasteiger partial charge in [-0.2, -0.15) is 0 Å². The number of aryl methyl sites for hydroxylation is 1. The van der Waals surface area contributed by atoms with Crippen LogP contribution < -0.4 is 5.56 Å². The second-order valence-electron chi connectivity index (χ2n) is 3.36. The molecule has 0 aliphatic rings. The van der Waals surface area contributed by atoms with Crippen LogP contribution in [0.2, 0.25) is 0 Å².